The van der Waals surface area contributed by atoms with E-state index in [4.69, 9.17) is 14.2 Å². The summed E-state index contributed by atoms with van der Waals surface area (Å²) in [5.74, 6) is -0.516. The lowest BCUT2D eigenvalue weighted by Gasteiger charge is -2.70. The molecule has 5 aliphatic rings. The van der Waals surface area contributed by atoms with Gasteiger partial charge in [-0.3, -0.25) is 9.59 Å². The van der Waals surface area contributed by atoms with Gasteiger partial charge in [-0.2, -0.15) is 5.26 Å². The molecule has 6 rings (SSSR count). The quantitative estimate of drug-likeness (QED) is 0.132. The van der Waals surface area contributed by atoms with E-state index in [0.717, 1.165) is 55.7 Å². The normalized spacial score (nSPS) is 34.8. The Balaban J connectivity index is 1.15. The molecular weight excluding hydrogens is 630 g/mol. The first-order chi connectivity index (χ1) is 23.5. The Morgan fingerprint density at radius 1 is 0.960 bits per heavy atom. The minimum absolute atomic E-state index is 0.0630. The van der Waals surface area contributed by atoms with Crippen molar-refractivity contribution >= 4 is 23.3 Å². The van der Waals surface area contributed by atoms with Crippen LogP contribution >= 0.6 is 0 Å². The number of fused-ring (bicyclic) bond motifs is 7. The average Bonchev–Trinajstić information content (AvgIpc) is 3.10. The number of hydrogen-bond donors (Lipinski definition) is 1. The second-order valence-electron chi connectivity index (χ2n) is 16.3. The van der Waals surface area contributed by atoms with Gasteiger partial charge in [-0.25, -0.2) is 4.79 Å². The topological polar surface area (TPSA) is 123 Å². The highest BCUT2D eigenvalue weighted by atomic mass is 16.6. The van der Waals surface area contributed by atoms with Gasteiger partial charge in [-0.1, -0.05) is 45.4 Å². The van der Waals surface area contributed by atoms with Crippen LogP contribution in [0.25, 0.3) is 5.57 Å². The average molecular weight is 680 g/mol. The Labute approximate surface area is 295 Å². The molecule has 0 unspecified atom stereocenters. The van der Waals surface area contributed by atoms with E-state index in [1.165, 1.54) is 5.57 Å². The molecule has 8 nitrogen and oxygen atoms in total. The maximum Gasteiger partial charge on any atom is 0.332 e. The minimum atomic E-state index is -0.679. The van der Waals surface area contributed by atoms with Crippen LogP contribution in [-0.4, -0.2) is 43.2 Å². The van der Waals surface area contributed by atoms with Gasteiger partial charge in [0.25, 0.3) is 0 Å². The molecule has 1 N–H and O–H groups in total. The third-order valence-corrected chi connectivity index (χ3v) is 13.7. The summed E-state index contributed by atoms with van der Waals surface area (Å²) in [6.45, 7) is 13.2. The van der Waals surface area contributed by atoms with E-state index in [9.17, 15) is 24.8 Å². The van der Waals surface area contributed by atoms with Gasteiger partial charge in [-0.05, 0) is 128 Å². The van der Waals surface area contributed by atoms with Crippen LogP contribution in [0.5, 0.6) is 5.75 Å². The number of esters is 2. The number of benzene rings is 1. The summed E-state index contributed by atoms with van der Waals surface area (Å²) in [5.41, 5.74) is 3.58. The van der Waals surface area contributed by atoms with Crippen LogP contribution in [0.2, 0.25) is 0 Å². The molecule has 0 amide bonds. The monoisotopic (exact) mass is 679 g/mol. The summed E-state index contributed by atoms with van der Waals surface area (Å²) >= 11 is 0. The zero-order chi connectivity index (χ0) is 36.3. The molecule has 50 heavy (non-hydrogen) atoms. The predicted molar refractivity (Wildman–Crippen MR) is 189 cm³/mol. The van der Waals surface area contributed by atoms with E-state index in [-0.39, 0.29) is 63.9 Å². The lowest BCUT2D eigenvalue weighted by atomic mass is 9.34. The second kappa shape index (κ2) is 12.4. The number of hydrogen-bond acceptors (Lipinski definition) is 8. The van der Waals surface area contributed by atoms with Gasteiger partial charge < -0.3 is 19.3 Å². The van der Waals surface area contributed by atoms with Crippen LogP contribution in [0.3, 0.4) is 0 Å². The van der Waals surface area contributed by atoms with Crippen molar-refractivity contribution in [3.8, 4) is 11.8 Å². The summed E-state index contributed by atoms with van der Waals surface area (Å²) in [5, 5.41) is 20.0. The summed E-state index contributed by atoms with van der Waals surface area (Å²) in [6.07, 6.45) is 13.5. The van der Waals surface area contributed by atoms with E-state index in [1.54, 1.807) is 37.5 Å². The molecule has 3 fully saturated rings. The number of ketones is 1. The van der Waals surface area contributed by atoms with Crippen LogP contribution in [0.1, 0.15) is 92.1 Å². The third kappa shape index (κ3) is 5.45. The van der Waals surface area contributed by atoms with Crippen molar-refractivity contribution in [1.82, 2.24) is 0 Å². The maximum absolute atomic E-state index is 13.8. The van der Waals surface area contributed by atoms with Gasteiger partial charge in [0.1, 0.15) is 25.0 Å². The third-order valence-electron chi connectivity index (χ3n) is 13.7. The molecule has 0 radical (unpaired) electrons. The van der Waals surface area contributed by atoms with E-state index < -0.39 is 11.4 Å². The van der Waals surface area contributed by atoms with Gasteiger partial charge in [0, 0.05) is 17.1 Å². The molecule has 0 heterocycles. The van der Waals surface area contributed by atoms with Crippen LogP contribution in [0, 0.1) is 44.3 Å². The van der Waals surface area contributed by atoms with Gasteiger partial charge in [0.05, 0.1) is 18.1 Å². The minimum Gasteiger partial charge on any atom is -0.504 e. The lowest BCUT2D eigenvalue weighted by Crippen LogP contribution is -2.62. The Kier molecular flexibility index (Phi) is 8.82. The fourth-order valence-electron chi connectivity index (χ4n) is 10.2. The van der Waals surface area contributed by atoms with Crippen molar-refractivity contribution in [3.05, 3.63) is 82.2 Å². The molecular formula is C42H49NO7. The highest BCUT2D eigenvalue weighted by Crippen LogP contribution is 2.75. The molecule has 5 aliphatic carbocycles. The number of carbonyl (C=O) groups is 3. The van der Waals surface area contributed by atoms with Crippen LogP contribution in [0.15, 0.2) is 76.6 Å². The fraction of sp³-hybridized carbons (Fsp3) is 0.524. The predicted octanol–water partition coefficient (Wildman–Crippen LogP) is 8.32. The molecule has 1 aromatic rings. The number of methoxy groups -OCH3 is 1. The first-order valence-corrected chi connectivity index (χ1v) is 17.8. The number of aliphatic hydroxyl groups excluding tert-OH is 1. The number of rotatable bonds is 7. The van der Waals surface area contributed by atoms with E-state index >= 15 is 0 Å². The number of aliphatic hydroxyl groups is 1. The van der Waals surface area contributed by atoms with Crippen molar-refractivity contribution < 1.29 is 33.7 Å². The number of carbonyl (C=O) groups excluding carboxylic acids is 3. The number of nitrogens with zero attached hydrogens (tertiary/aromatic N) is 1. The summed E-state index contributed by atoms with van der Waals surface area (Å²) in [4.78, 5) is 39.1. The molecule has 0 spiro atoms. The molecule has 6 atom stereocenters. The maximum atomic E-state index is 13.8. The van der Waals surface area contributed by atoms with Crippen molar-refractivity contribution in [3.63, 3.8) is 0 Å². The molecule has 0 saturated heterocycles. The molecule has 0 aliphatic heterocycles. The summed E-state index contributed by atoms with van der Waals surface area (Å²) < 4.78 is 16.2. The van der Waals surface area contributed by atoms with Gasteiger partial charge in [-0.15, -0.1) is 0 Å². The summed E-state index contributed by atoms with van der Waals surface area (Å²) in [6, 6.07) is 8.84. The molecule has 3 saturated carbocycles. The largest absolute Gasteiger partial charge is 0.504 e. The SMILES string of the molecule is COc1ccc(/C(C#N)=C/C(=O)OCCOC(=O)[C@]2(C)CC[C@]3(C)CC[C@]4(C)C5=CC=C6C(=CC(=O)C(O)=C6C)[C@]5(C)CC[C@@]4(C)[C@@H]3C2)cc1. The smallest absolute Gasteiger partial charge is 0.332 e. The Hall–Kier alpha value is -4.38. The lowest BCUT2D eigenvalue weighted by molar-refractivity contribution is -0.183. The highest BCUT2D eigenvalue weighted by molar-refractivity contribution is 6.06. The molecule has 0 aromatic heterocycles. The Bertz CT molecular complexity index is 1840. The Morgan fingerprint density at radius 3 is 2.32 bits per heavy atom. The number of allylic oxidation sites excluding steroid dienone is 8. The van der Waals surface area contributed by atoms with E-state index in [2.05, 4.69) is 39.8 Å². The summed E-state index contributed by atoms with van der Waals surface area (Å²) in [7, 11) is 1.55. The van der Waals surface area contributed by atoms with Crippen molar-refractivity contribution in [2.24, 2.45) is 33.0 Å². The molecule has 8 heteroatoms. The van der Waals surface area contributed by atoms with Gasteiger partial charge in [0.2, 0.25) is 5.78 Å². The van der Waals surface area contributed by atoms with Crippen molar-refractivity contribution in [2.45, 2.75) is 86.5 Å². The van der Waals surface area contributed by atoms with E-state index in [0.29, 0.717) is 23.3 Å². The molecule has 264 valence electrons. The van der Waals surface area contributed by atoms with Crippen molar-refractivity contribution in [1.29, 1.82) is 5.26 Å². The number of ether oxygens (including phenoxy) is 3. The van der Waals surface area contributed by atoms with Crippen molar-refractivity contribution in [2.75, 3.05) is 20.3 Å². The van der Waals surface area contributed by atoms with Crippen LogP contribution in [-0.2, 0) is 23.9 Å². The fourth-order valence-corrected chi connectivity index (χ4v) is 10.2. The van der Waals surface area contributed by atoms with Crippen LogP contribution in [0.4, 0.5) is 0 Å². The zero-order valence-electron chi connectivity index (χ0n) is 30.4. The van der Waals surface area contributed by atoms with Gasteiger partial charge in [0.15, 0.2) is 5.76 Å². The number of nitriles is 1. The van der Waals surface area contributed by atoms with E-state index in [1.807, 2.05) is 19.9 Å². The Morgan fingerprint density at radius 2 is 1.64 bits per heavy atom. The zero-order valence-corrected chi connectivity index (χ0v) is 30.4. The highest BCUT2D eigenvalue weighted by Gasteiger charge is 2.67. The molecule has 0 bridgehead atoms. The first kappa shape index (κ1) is 35.4. The standard InChI is InChI=1S/C42H49NO7/c1-26-30-12-13-33-40(4,31(30)23-32(44)36(26)46)17-19-42(6)34-24-39(3,15-14-38(34,2)16-18-41(33,42)5)37(47)50-21-20-49-35(45)22-28(25-43)27-8-10-29(48-7)11-9-27/h8-13,22-23,34,46H,14-21,24H2,1-7H3/b28-22+/t34-,38-,39-,40+,41-,42+/m1/s1. The first-order valence-electron chi connectivity index (χ1n) is 17.8. The second-order valence-corrected chi connectivity index (χ2v) is 16.3. The van der Waals surface area contributed by atoms with Crippen LogP contribution < -0.4 is 4.74 Å². The molecule has 1 aromatic carbocycles. The van der Waals surface area contributed by atoms with Gasteiger partial charge >= 0.3 is 11.9 Å².